The number of tetrazole rings is 1. The normalized spacial score (nSPS) is 26.5. The van der Waals surface area contributed by atoms with E-state index < -0.39 is 0 Å². The van der Waals surface area contributed by atoms with E-state index in [4.69, 9.17) is 0 Å². The molecule has 2 aliphatic rings. The van der Waals surface area contributed by atoms with Gasteiger partial charge in [0.15, 0.2) is 5.82 Å². The van der Waals surface area contributed by atoms with Crippen molar-refractivity contribution >= 4 is 5.91 Å². The molecule has 1 aromatic heterocycles. The molecule has 0 saturated heterocycles. The van der Waals surface area contributed by atoms with Gasteiger partial charge in [-0.2, -0.15) is 5.21 Å². The van der Waals surface area contributed by atoms with Gasteiger partial charge in [0.1, 0.15) is 0 Å². The molecule has 20 heavy (non-hydrogen) atoms. The summed E-state index contributed by atoms with van der Waals surface area (Å²) in [6.07, 6.45) is 2.20. The zero-order valence-corrected chi connectivity index (χ0v) is 10.9. The highest BCUT2D eigenvalue weighted by atomic mass is 16.2. The third-order valence-corrected chi connectivity index (χ3v) is 4.44. The van der Waals surface area contributed by atoms with Crippen molar-refractivity contribution in [3.63, 3.8) is 0 Å². The van der Waals surface area contributed by atoms with Crippen LogP contribution in [0.25, 0.3) is 0 Å². The van der Waals surface area contributed by atoms with Crippen LogP contribution in [0, 0.1) is 11.8 Å². The highest BCUT2D eigenvalue weighted by molar-refractivity contribution is 5.84. The van der Waals surface area contributed by atoms with E-state index in [9.17, 15) is 4.79 Å². The Labute approximate surface area is 116 Å². The molecule has 0 spiro atoms. The van der Waals surface area contributed by atoms with Crippen molar-refractivity contribution in [1.29, 1.82) is 0 Å². The van der Waals surface area contributed by atoms with Crippen LogP contribution in [0.4, 0.5) is 0 Å². The topological polar surface area (TPSA) is 83.6 Å². The third-order valence-electron chi connectivity index (χ3n) is 4.44. The predicted molar refractivity (Wildman–Crippen MR) is 70.5 cm³/mol. The van der Waals surface area contributed by atoms with Gasteiger partial charge in [0.2, 0.25) is 5.91 Å². The fourth-order valence-electron chi connectivity index (χ4n) is 3.47. The van der Waals surface area contributed by atoms with Crippen LogP contribution < -0.4 is 5.32 Å². The van der Waals surface area contributed by atoms with Gasteiger partial charge in [0, 0.05) is 5.92 Å². The molecule has 4 rings (SSSR count). The Balaban J connectivity index is 1.45. The SMILES string of the molecule is O=C(NCc1nn[nH]n1)C1C2CCc3ccccc3C21. The van der Waals surface area contributed by atoms with Gasteiger partial charge in [-0.3, -0.25) is 4.79 Å². The van der Waals surface area contributed by atoms with Gasteiger partial charge in [-0.05, 0) is 35.8 Å². The second kappa shape index (κ2) is 4.40. The molecule has 3 atom stereocenters. The first-order chi connectivity index (χ1) is 9.84. The van der Waals surface area contributed by atoms with Gasteiger partial charge in [0.05, 0.1) is 6.54 Å². The van der Waals surface area contributed by atoms with E-state index in [1.807, 2.05) is 0 Å². The van der Waals surface area contributed by atoms with Crippen LogP contribution in [0.15, 0.2) is 24.3 Å². The van der Waals surface area contributed by atoms with Crippen molar-refractivity contribution in [2.75, 3.05) is 0 Å². The monoisotopic (exact) mass is 269 g/mol. The van der Waals surface area contributed by atoms with Crippen molar-refractivity contribution in [2.24, 2.45) is 11.8 Å². The summed E-state index contributed by atoms with van der Waals surface area (Å²) in [7, 11) is 0. The van der Waals surface area contributed by atoms with E-state index in [1.54, 1.807) is 0 Å². The van der Waals surface area contributed by atoms with Gasteiger partial charge >= 0.3 is 0 Å². The Bertz CT molecular complexity index is 639. The lowest BCUT2D eigenvalue weighted by Crippen LogP contribution is -2.26. The van der Waals surface area contributed by atoms with Crippen LogP contribution in [0.3, 0.4) is 0 Å². The Hall–Kier alpha value is -2.24. The summed E-state index contributed by atoms with van der Waals surface area (Å²) < 4.78 is 0. The molecule has 3 unspecified atom stereocenters. The van der Waals surface area contributed by atoms with Crippen LogP contribution >= 0.6 is 0 Å². The third kappa shape index (κ3) is 1.79. The lowest BCUT2D eigenvalue weighted by atomic mass is 9.92. The molecule has 6 heteroatoms. The number of amides is 1. The highest BCUT2D eigenvalue weighted by Gasteiger charge is 2.56. The summed E-state index contributed by atoms with van der Waals surface area (Å²) in [5.41, 5.74) is 2.77. The number of benzene rings is 1. The number of H-pyrrole nitrogens is 1. The molecule has 2 N–H and O–H groups in total. The number of aryl methyl sites for hydroxylation is 1. The van der Waals surface area contributed by atoms with Gasteiger partial charge in [0.25, 0.3) is 0 Å². The van der Waals surface area contributed by atoms with Crippen molar-refractivity contribution in [1.82, 2.24) is 25.9 Å². The number of hydrogen-bond acceptors (Lipinski definition) is 4. The number of nitrogens with zero attached hydrogens (tertiary/aromatic N) is 3. The summed E-state index contributed by atoms with van der Waals surface area (Å²) >= 11 is 0. The van der Waals surface area contributed by atoms with Crippen LogP contribution in [0.2, 0.25) is 0 Å². The first-order valence-electron chi connectivity index (χ1n) is 6.92. The molecule has 0 aliphatic heterocycles. The largest absolute Gasteiger partial charge is 0.348 e. The summed E-state index contributed by atoms with van der Waals surface area (Å²) in [5.74, 6) is 1.66. The summed E-state index contributed by atoms with van der Waals surface area (Å²) in [5, 5.41) is 16.4. The Morgan fingerprint density at radius 2 is 2.30 bits per heavy atom. The number of aromatic nitrogens is 4. The lowest BCUT2D eigenvalue weighted by Gasteiger charge is -2.13. The van der Waals surface area contributed by atoms with E-state index in [0.717, 1.165) is 12.8 Å². The number of aromatic amines is 1. The van der Waals surface area contributed by atoms with E-state index in [-0.39, 0.29) is 11.8 Å². The molecular formula is C14H15N5O. The number of hydrogen-bond donors (Lipinski definition) is 2. The molecule has 1 saturated carbocycles. The average Bonchev–Trinajstić information content (AvgIpc) is 3.00. The Morgan fingerprint density at radius 3 is 3.15 bits per heavy atom. The molecule has 6 nitrogen and oxygen atoms in total. The molecule has 1 heterocycles. The van der Waals surface area contributed by atoms with Crippen LogP contribution in [-0.2, 0) is 17.8 Å². The zero-order valence-electron chi connectivity index (χ0n) is 10.9. The molecule has 102 valence electrons. The maximum atomic E-state index is 12.3. The number of carbonyl (C=O) groups is 1. The van der Waals surface area contributed by atoms with Crippen LogP contribution in [0.1, 0.15) is 29.3 Å². The molecule has 0 bridgehead atoms. The lowest BCUT2D eigenvalue weighted by molar-refractivity contribution is -0.122. The van der Waals surface area contributed by atoms with Crippen molar-refractivity contribution in [3.8, 4) is 0 Å². The number of rotatable bonds is 3. The maximum Gasteiger partial charge on any atom is 0.224 e. The quantitative estimate of drug-likeness (QED) is 0.863. The predicted octanol–water partition coefficient (Wildman–Crippen LogP) is 0.792. The van der Waals surface area contributed by atoms with Gasteiger partial charge < -0.3 is 5.32 Å². The molecule has 1 amide bonds. The number of carbonyl (C=O) groups excluding carboxylic acids is 1. The fraction of sp³-hybridized carbons (Fsp3) is 0.429. The van der Waals surface area contributed by atoms with Gasteiger partial charge in [-0.15, -0.1) is 10.2 Å². The number of nitrogens with one attached hydrogen (secondary N) is 2. The first kappa shape index (κ1) is 11.6. The van der Waals surface area contributed by atoms with E-state index in [1.165, 1.54) is 11.1 Å². The second-order valence-corrected chi connectivity index (χ2v) is 5.50. The first-order valence-corrected chi connectivity index (χ1v) is 6.92. The molecule has 1 fully saturated rings. The van der Waals surface area contributed by atoms with E-state index in [0.29, 0.717) is 24.2 Å². The Kier molecular flexibility index (Phi) is 2.55. The second-order valence-electron chi connectivity index (χ2n) is 5.50. The molecule has 2 aromatic rings. The van der Waals surface area contributed by atoms with Crippen molar-refractivity contribution in [3.05, 3.63) is 41.2 Å². The van der Waals surface area contributed by atoms with Gasteiger partial charge in [-0.25, -0.2) is 0 Å². The maximum absolute atomic E-state index is 12.3. The van der Waals surface area contributed by atoms with E-state index in [2.05, 4.69) is 50.2 Å². The smallest absolute Gasteiger partial charge is 0.224 e. The van der Waals surface area contributed by atoms with Crippen molar-refractivity contribution < 1.29 is 4.79 Å². The van der Waals surface area contributed by atoms with Crippen LogP contribution in [0.5, 0.6) is 0 Å². The molecule has 2 aliphatic carbocycles. The fourth-order valence-corrected chi connectivity index (χ4v) is 3.47. The standard InChI is InChI=1S/C14H15N5O/c20-14(15-7-11-16-18-19-17-11)13-10-6-5-8-3-1-2-4-9(8)12(10)13/h1-4,10,12-13H,5-7H2,(H,15,20)(H,16,17,18,19). The van der Waals surface area contributed by atoms with Crippen molar-refractivity contribution in [2.45, 2.75) is 25.3 Å². The highest BCUT2D eigenvalue weighted by Crippen LogP contribution is 2.59. The minimum absolute atomic E-state index is 0.113. The number of fused-ring (bicyclic) bond motifs is 3. The zero-order chi connectivity index (χ0) is 13.5. The minimum atomic E-state index is 0.113. The van der Waals surface area contributed by atoms with Crippen LogP contribution in [-0.4, -0.2) is 26.5 Å². The Morgan fingerprint density at radius 1 is 1.40 bits per heavy atom. The summed E-state index contributed by atoms with van der Waals surface area (Å²) in [6.45, 7) is 0.340. The van der Waals surface area contributed by atoms with E-state index >= 15 is 0 Å². The summed E-state index contributed by atoms with van der Waals surface area (Å²) in [6, 6.07) is 8.48. The minimum Gasteiger partial charge on any atom is -0.348 e. The van der Waals surface area contributed by atoms with Gasteiger partial charge in [-0.1, -0.05) is 29.5 Å². The summed E-state index contributed by atoms with van der Waals surface area (Å²) in [4.78, 5) is 12.3. The molecule has 1 aromatic carbocycles. The average molecular weight is 269 g/mol. The molecule has 0 radical (unpaired) electrons. The molecular weight excluding hydrogens is 254 g/mol.